The van der Waals surface area contributed by atoms with Gasteiger partial charge in [0.1, 0.15) is 11.3 Å². The Morgan fingerprint density at radius 3 is 1.82 bits per heavy atom. The SMILES string of the molecule is COC(=O)/C=C(/Nc1ccccc1C(O)(c1ccc(C)cc1)c1ccc(C)cc1)C(=O)OC. The van der Waals surface area contributed by atoms with Crippen molar-refractivity contribution in [3.8, 4) is 0 Å². The molecule has 2 N–H and O–H groups in total. The molecule has 0 fully saturated rings. The molecule has 0 saturated carbocycles. The van der Waals surface area contributed by atoms with Gasteiger partial charge in [-0.1, -0.05) is 77.9 Å². The molecule has 170 valence electrons. The molecule has 0 spiro atoms. The van der Waals surface area contributed by atoms with Crippen molar-refractivity contribution in [2.45, 2.75) is 19.4 Å². The molecule has 0 saturated heterocycles. The summed E-state index contributed by atoms with van der Waals surface area (Å²) in [5.41, 5.74) is 2.70. The number of carbonyl (C=O) groups excluding carboxylic acids is 2. The Labute approximate surface area is 193 Å². The standard InChI is InChI=1S/C27H27NO5/c1-18-9-13-20(14-10-18)27(31,21-15-11-19(2)12-16-21)22-7-5-6-8-23(22)28-24(26(30)33-4)17-25(29)32-3/h5-17,28,31H,1-4H3/b24-17+. The maximum absolute atomic E-state index is 12.3. The van der Waals surface area contributed by atoms with Gasteiger partial charge in [0.05, 0.1) is 20.3 Å². The smallest absolute Gasteiger partial charge is 0.354 e. The van der Waals surface area contributed by atoms with E-state index in [0.717, 1.165) is 17.2 Å². The van der Waals surface area contributed by atoms with Crippen LogP contribution in [-0.4, -0.2) is 31.3 Å². The van der Waals surface area contributed by atoms with Gasteiger partial charge in [0, 0.05) is 11.3 Å². The van der Waals surface area contributed by atoms with Gasteiger partial charge in [-0.25, -0.2) is 9.59 Å². The minimum absolute atomic E-state index is 0.119. The fourth-order valence-electron chi connectivity index (χ4n) is 3.55. The van der Waals surface area contributed by atoms with E-state index in [0.29, 0.717) is 22.4 Å². The molecule has 0 amide bonds. The molecule has 3 aromatic rings. The lowest BCUT2D eigenvalue weighted by atomic mass is 9.79. The second kappa shape index (κ2) is 10.1. The first-order valence-electron chi connectivity index (χ1n) is 10.4. The zero-order valence-corrected chi connectivity index (χ0v) is 19.1. The number of carbonyl (C=O) groups is 2. The van der Waals surface area contributed by atoms with Gasteiger partial charge in [-0.05, 0) is 31.0 Å². The van der Waals surface area contributed by atoms with Crippen LogP contribution >= 0.6 is 0 Å². The summed E-state index contributed by atoms with van der Waals surface area (Å²) >= 11 is 0. The fraction of sp³-hybridized carbons (Fsp3) is 0.185. The number of aryl methyl sites for hydroxylation is 2. The molecule has 0 aliphatic heterocycles. The third-order valence-electron chi connectivity index (χ3n) is 5.39. The monoisotopic (exact) mass is 445 g/mol. The van der Waals surface area contributed by atoms with Crippen LogP contribution in [-0.2, 0) is 24.7 Å². The van der Waals surface area contributed by atoms with Crippen molar-refractivity contribution in [3.05, 3.63) is 112 Å². The fourth-order valence-corrected chi connectivity index (χ4v) is 3.55. The van der Waals surface area contributed by atoms with Crippen LogP contribution in [0.5, 0.6) is 0 Å². The molecule has 3 aromatic carbocycles. The number of nitrogens with one attached hydrogen (secondary N) is 1. The molecule has 6 nitrogen and oxygen atoms in total. The molecule has 0 aliphatic rings. The van der Waals surface area contributed by atoms with Crippen LogP contribution in [0.2, 0.25) is 0 Å². The summed E-state index contributed by atoms with van der Waals surface area (Å²) in [6.07, 6.45) is 1.01. The second-order valence-electron chi connectivity index (χ2n) is 7.69. The Hall–Kier alpha value is -3.90. The highest BCUT2D eigenvalue weighted by molar-refractivity contribution is 5.99. The lowest BCUT2D eigenvalue weighted by Crippen LogP contribution is -2.30. The molecule has 0 atom stereocenters. The van der Waals surface area contributed by atoms with Crippen molar-refractivity contribution in [2.24, 2.45) is 0 Å². The summed E-state index contributed by atoms with van der Waals surface area (Å²) in [6, 6.07) is 22.3. The largest absolute Gasteiger partial charge is 0.466 e. The van der Waals surface area contributed by atoms with E-state index in [2.05, 4.69) is 10.1 Å². The normalized spacial score (nSPS) is 11.6. The summed E-state index contributed by atoms with van der Waals surface area (Å²) < 4.78 is 9.47. The average molecular weight is 446 g/mol. The highest BCUT2D eigenvalue weighted by Gasteiger charge is 2.36. The summed E-state index contributed by atoms with van der Waals surface area (Å²) in [5, 5.41) is 15.2. The van der Waals surface area contributed by atoms with Crippen molar-refractivity contribution in [1.82, 2.24) is 0 Å². The Bertz CT molecular complexity index is 1120. The van der Waals surface area contributed by atoms with Crippen LogP contribution in [0.4, 0.5) is 5.69 Å². The van der Waals surface area contributed by atoms with Crippen LogP contribution in [0.15, 0.2) is 84.6 Å². The summed E-state index contributed by atoms with van der Waals surface area (Å²) in [5.74, 6) is -1.46. The van der Waals surface area contributed by atoms with Crippen LogP contribution in [0, 0.1) is 13.8 Å². The predicted octanol–water partition coefficient (Wildman–Crippen LogP) is 4.23. The molecule has 0 radical (unpaired) electrons. The first-order chi connectivity index (χ1) is 15.8. The van der Waals surface area contributed by atoms with E-state index in [9.17, 15) is 14.7 Å². The van der Waals surface area contributed by atoms with Crippen LogP contribution in [0.25, 0.3) is 0 Å². The number of hydrogen-bond acceptors (Lipinski definition) is 6. The molecule has 0 aromatic heterocycles. The van der Waals surface area contributed by atoms with Crippen LogP contribution < -0.4 is 5.32 Å². The number of hydrogen-bond donors (Lipinski definition) is 2. The number of aliphatic hydroxyl groups is 1. The van der Waals surface area contributed by atoms with Gasteiger partial charge in [0.15, 0.2) is 0 Å². The Balaban J connectivity index is 2.21. The first kappa shape index (κ1) is 23.8. The molecule has 3 rings (SSSR count). The van der Waals surface area contributed by atoms with E-state index in [1.54, 1.807) is 24.3 Å². The molecule has 33 heavy (non-hydrogen) atoms. The lowest BCUT2D eigenvalue weighted by Gasteiger charge is -2.32. The molecule has 0 bridgehead atoms. The molecule has 0 unspecified atom stereocenters. The van der Waals surface area contributed by atoms with E-state index in [4.69, 9.17) is 4.74 Å². The quantitative estimate of drug-likeness (QED) is 0.322. The van der Waals surface area contributed by atoms with Gasteiger partial charge < -0.3 is 19.9 Å². The minimum atomic E-state index is -1.54. The number of para-hydroxylation sites is 1. The average Bonchev–Trinajstić information content (AvgIpc) is 2.83. The molecule has 0 heterocycles. The maximum atomic E-state index is 12.3. The van der Waals surface area contributed by atoms with Gasteiger partial charge >= 0.3 is 11.9 Å². The van der Waals surface area contributed by atoms with Crippen molar-refractivity contribution in [3.63, 3.8) is 0 Å². The van der Waals surface area contributed by atoms with Gasteiger partial charge in [-0.2, -0.15) is 0 Å². The predicted molar refractivity (Wildman–Crippen MR) is 127 cm³/mol. The summed E-state index contributed by atoms with van der Waals surface area (Å²) in [7, 11) is 2.44. The van der Waals surface area contributed by atoms with E-state index in [-0.39, 0.29) is 5.70 Å². The zero-order valence-electron chi connectivity index (χ0n) is 19.1. The number of anilines is 1. The number of benzene rings is 3. The van der Waals surface area contributed by atoms with Crippen molar-refractivity contribution < 1.29 is 24.2 Å². The Morgan fingerprint density at radius 1 is 0.818 bits per heavy atom. The van der Waals surface area contributed by atoms with E-state index >= 15 is 0 Å². The van der Waals surface area contributed by atoms with Gasteiger partial charge in [-0.15, -0.1) is 0 Å². The Kier molecular flexibility index (Phi) is 7.30. The van der Waals surface area contributed by atoms with E-state index in [1.807, 2.05) is 62.4 Å². The van der Waals surface area contributed by atoms with Crippen molar-refractivity contribution in [2.75, 3.05) is 19.5 Å². The third kappa shape index (κ3) is 5.13. The van der Waals surface area contributed by atoms with Gasteiger partial charge in [0.2, 0.25) is 0 Å². The lowest BCUT2D eigenvalue weighted by molar-refractivity contribution is -0.138. The number of rotatable bonds is 7. The maximum Gasteiger partial charge on any atom is 0.354 e. The summed E-state index contributed by atoms with van der Waals surface area (Å²) in [6.45, 7) is 3.95. The van der Waals surface area contributed by atoms with Gasteiger partial charge in [0.25, 0.3) is 0 Å². The van der Waals surface area contributed by atoms with Gasteiger partial charge in [-0.3, -0.25) is 0 Å². The zero-order chi connectivity index (χ0) is 24.0. The van der Waals surface area contributed by atoms with E-state index < -0.39 is 17.5 Å². The second-order valence-corrected chi connectivity index (χ2v) is 7.69. The number of ether oxygens (including phenoxy) is 2. The minimum Gasteiger partial charge on any atom is -0.466 e. The number of esters is 2. The van der Waals surface area contributed by atoms with E-state index in [1.165, 1.54) is 14.2 Å². The molecule has 6 heteroatoms. The summed E-state index contributed by atoms with van der Waals surface area (Å²) in [4.78, 5) is 24.1. The van der Waals surface area contributed by atoms with Crippen molar-refractivity contribution in [1.29, 1.82) is 0 Å². The van der Waals surface area contributed by atoms with Crippen molar-refractivity contribution >= 4 is 17.6 Å². The Morgan fingerprint density at radius 2 is 1.33 bits per heavy atom. The molecule has 0 aliphatic carbocycles. The molecular formula is C27H27NO5. The number of methoxy groups -OCH3 is 2. The highest BCUT2D eigenvalue weighted by Crippen LogP contribution is 2.40. The molecular weight excluding hydrogens is 418 g/mol. The highest BCUT2D eigenvalue weighted by atomic mass is 16.5. The van der Waals surface area contributed by atoms with Crippen LogP contribution in [0.1, 0.15) is 27.8 Å². The topological polar surface area (TPSA) is 84.9 Å². The first-order valence-corrected chi connectivity index (χ1v) is 10.4. The van der Waals surface area contributed by atoms with Crippen LogP contribution in [0.3, 0.4) is 0 Å². The third-order valence-corrected chi connectivity index (χ3v) is 5.39.